The predicted octanol–water partition coefficient (Wildman–Crippen LogP) is 1.03. The van der Waals surface area contributed by atoms with E-state index in [2.05, 4.69) is 10.0 Å². The second-order valence-corrected chi connectivity index (χ2v) is 6.39. The Bertz CT molecular complexity index is 537. The third kappa shape index (κ3) is 3.46. The monoisotopic (exact) mass is 284 g/mol. The van der Waals surface area contributed by atoms with Crippen LogP contribution in [0.25, 0.3) is 0 Å². The lowest BCUT2D eigenvalue weighted by molar-refractivity contribution is 0.337. The van der Waals surface area contributed by atoms with Gasteiger partial charge >= 0.3 is 0 Å². The van der Waals surface area contributed by atoms with Crippen LogP contribution in [0.1, 0.15) is 18.9 Å². The van der Waals surface area contributed by atoms with Gasteiger partial charge in [-0.25, -0.2) is 13.1 Å². The summed E-state index contributed by atoms with van der Waals surface area (Å²) in [4.78, 5) is 0.292. The number of aryl methyl sites for hydroxylation is 1. The molecule has 1 aliphatic rings. The van der Waals surface area contributed by atoms with Gasteiger partial charge in [-0.1, -0.05) is 0 Å². The zero-order valence-corrected chi connectivity index (χ0v) is 12.1. The number of hydrogen-bond acceptors (Lipinski definition) is 4. The maximum atomic E-state index is 12.2. The second kappa shape index (κ2) is 5.90. The lowest BCUT2D eigenvalue weighted by Gasteiger charge is -2.13. The SMILES string of the molecule is CCOc1ccc(S(=O)(=O)N[C@H]2CCNC2)cc1C. The average Bonchev–Trinajstić information content (AvgIpc) is 2.84. The highest BCUT2D eigenvalue weighted by molar-refractivity contribution is 7.89. The fraction of sp³-hybridized carbons (Fsp3) is 0.538. The minimum atomic E-state index is -3.44. The van der Waals surface area contributed by atoms with Crippen molar-refractivity contribution in [2.45, 2.75) is 31.2 Å². The van der Waals surface area contributed by atoms with Gasteiger partial charge in [0.05, 0.1) is 11.5 Å². The molecule has 1 aromatic carbocycles. The molecule has 0 aromatic heterocycles. The van der Waals surface area contributed by atoms with Crippen molar-refractivity contribution < 1.29 is 13.2 Å². The lowest BCUT2D eigenvalue weighted by Crippen LogP contribution is -2.36. The van der Waals surface area contributed by atoms with Gasteiger partial charge in [-0.15, -0.1) is 0 Å². The first-order chi connectivity index (χ1) is 9.03. The summed E-state index contributed by atoms with van der Waals surface area (Å²) < 4.78 is 32.6. The third-order valence-corrected chi connectivity index (χ3v) is 4.66. The highest BCUT2D eigenvalue weighted by Crippen LogP contribution is 2.22. The van der Waals surface area contributed by atoms with Crippen LogP contribution < -0.4 is 14.8 Å². The van der Waals surface area contributed by atoms with Crippen LogP contribution >= 0.6 is 0 Å². The van der Waals surface area contributed by atoms with E-state index >= 15 is 0 Å². The zero-order valence-electron chi connectivity index (χ0n) is 11.3. The molecule has 1 atom stereocenters. The highest BCUT2D eigenvalue weighted by atomic mass is 32.2. The summed E-state index contributed by atoms with van der Waals surface area (Å²) in [5.41, 5.74) is 0.828. The van der Waals surface area contributed by atoms with Crippen molar-refractivity contribution >= 4 is 10.0 Å². The largest absolute Gasteiger partial charge is 0.494 e. The first-order valence-electron chi connectivity index (χ1n) is 6.49. The van der Waals surface area contributed by atoms with Gasteiger partial charge < -0.3 is 10.1 Å². The Hall–Kier alpha value is -1.11. The molecule has 1 saturated heterocycles. The van der Waals surface area contributed by atoms with Gasteiger partial charge in [0.25, 0.3) is 0 Å². The van der Waals surface area contributed by atoms with Crippen LogP contribution in [0.3, 0.4) is 0 Å². The summed E-state index contributed by atoms with van der Waals surface area (Å²) >= 11 is 0. The molecule has 0 spiro atoms. The Morgan fingerprint density at radius 2 is 2.26 bits per heavy atom. The van der Waals surface area contributed by atoms with Crippen LogP contribution in [0.15, 0.2) is 23.1 Å². The van der Waals surface area contributed by atoms with E-state index in [1.54, 1.807) is 18.2 Å². The van der Waals surface area contributed by atoms with Crippen LogP contribution in [-0.2, 0) is 10.0 Å². The number of benzene rings is 1. The molecule has 1 heterocycles. The fourth-order valence-electron chi connectivity index (χ4n) is 2.15. The molecule has 5 nitrogen and oxygen atoms in total. The number of hydrogen-bond donors (Lipinski definition) is 2. The third-order valence-electron chi connectivity index (χ3n) is 3.14. The van der Waals surface area contributed by atoms with Crippen LogP contribution in [-0.4, -0.2) is 34.2 Å². The standard InChI is InChI=1S/C13H20N2O3S/c1-3-18-13-5-4-12(8-10(13)2)19(16,17)15-11-6-7-14-9-11/h4-5,8,11,14-15H,3,6-7,9H2,1-2H3/t11-/m0/s1. The van der Waals surface area contributed by atoms with E-state index in [0.29, 0.717) is 18.0 Å². The van der Waals surface area contributed by atoms with E-state index in [9.17, 15) is 8.42 Å². The van der Waals surface area contributed by atoms with Crippen LogP contribution in [0, 0.1) is 6.92 Å². The van der Waals surface area contributed by atoms with E-state index in [4.69, 9.17) is 4.74 Å². The van der Waals surface area contributed by atoms with Crippen molar-refractivity contribution in [1.82, 2.24) is 10.0 Å². The molecule has 1 fully saturated rings. The summed E-state index contributed by atoms with van der Waals surface area (Å²) in [6.45, 7) is 5.86. The highest BCUT2D eigenvalue weighted by Gasteiger charge is 2.23. The van der Waals surface area contributed by atoms with Crippen LogP contribution in [0.4, 0.5) is 0 Å². The molecule has 1 aromatic rings. The molecule has 1 aliphatic heterocycles. The molecule has 0 radical (unpaired) electrons. The maximum Gasteiger partial charge on any atom is 0.240 e. The number of nitrogens with one attached hydrogen (secondary N) is 2. The first kappa shape index (κ1) is 14.3. The molecule has 2 N–H and O–H groups in total. The van der Waals surface area contributed by atoms with E-state index < -0.39 is 10.0 Å². The molecule has 0 unspecified atom stereocenters. The predicted molar refractivity (Wildman–Crippen MR) is 73.9 cm³/mol. The topological polar surface area (TPSA) is 67.4 Å². The first-order valence-corrected chi connectivity index (χ1v) is 7.97. The minimum Gasteiger partial charge on any atom is -0.494 e. The summed E-state index contributed by atoms with van der Waals surface area (Å²) in [7, 11) is -3.44. The lowest BCUT2D eigenvalue weighted by atomic mass is 10.2. The molecule has 0 saturated carbocycles. The van der Waals surface area contributed by atoms with Crippen molar-refractivity contribution in [1.29, 1.82) is 0 Å². The summed E-state index contributed by atoms with van der Waals surface area (Å²) in [6, 6.07) is 4.93. The molecule has 6 heteroatoms. The molecule has 0 amide bonds. The number of sulfonamides is 1. The average molecular weight is 284 g/mol. The molecule has 2 rings (SSSR count). The van der Waals surface area contributed by atoms with Crippen LogP contribution in [0.5, 0.6) is 5.75 Å². The smallest absolute Gasteiger partial charge is 0.240 e. The zero-order chi connectivity index (χ0) is 13.9. The Morgan fingerprint density at radius 1 is 1.47 bits per heavy atom. The Kier molecular flexibility index (Phi) is 4.44. The number of ether oxygens (including phenoxy) is 1. The van der Waals surface area contributed by atoms with Gasteiger partial charge in [0.1, 0.15) is 5.75 Å². The van der Waals surface area contributed by atoms with Gasteiger partial charge in [0.15, 0.2) is 0 Å². The maximum absolute atomic E-state index is 12.2. The van der Waals surface area contributed by atoms with E-state index in [1.807, 2.05) is 13.8 Å². The second-order valence-electron chi connectivity index (χ2n) is 4.67. The Balaban J connectivity index is 2.17. The van der Waals surface area contributed by atoms with Crippen molar-refractivity contribution in [3.8, 4) is 5.75 Å². The fourth-order valence-corrected chi connectivity index (χ4v) is 3.50. The van der Waals surface area contributed by atoms with Crippen molar-refractivity contribution in [3.63, 3.8) is 0 Å². The molecule has 106 valence electrons. The van der Waals surface area contributed by atoms with E-state index in [-0.39, 0.29) is 6.04 Å². The quantitative estimate of drug-likeness (QED) is 0.847. The summed E-state index contributed by atoms with van der Waals surface area (Å²) in [5, 5.41) is 3.14. The molecule has 19 heavy (non-hydrogen) atoms. The van der Waals surface area contributed by atoms with E-state index in [1.165, 1.54) is 0 Å². The summed E-state index contributed by atoms with van der Waals surface area (Å²) in [6.07, 6.45) is 0.829. The minimum absolute atomic E-state index is 0.0168. The molecular weight excluding hydrogens is 264 g/mol. The van der Waals surface area contributed by atoms with Gasteiger partial charge in [-0.05, 0) is 50.6 Å². The van der Waals surface area contributed by atoms with Crippen molar-refractivity contribution in [2.75, 3.05) is 19.7 Å². The Morgan fingerprint density at radius 3 is 2.84 bits per heavy atom. The van der Waals surface area contributed by atoms with Gasteiger partial charge in [-0.2, -0.15) is 0 Å². The molecule has 0 aliphatic carbocycles. The molecule has 0 bridgehead atoms. The van der Waals surface area contributed by atoms with Gasteiger partial charge in [0, 0.05) is 12.6 Å². The number of rotatable bonds is 5. The molecular formula is C13H20N2O3S. The van der Waals surface area contributed by atoms with Crippen molar-refractivity contribution in [3.05, 3.63) is 23.8 Å². The van der Waals surface area contributed by atoms with E-state index in [0.717, 1.165) is 24.3 Å². The van der Waals surface area contributed by atoms with Crippen LogP contribution in [0.2, 0.25) is 0 Å². The van der Waals surface area contributed by atoms with Gasteiger partial charge in [0.2, 0.25) is 10.0 Å². The normalized spacial score (nSPS) is 19.6. The van der Waals surface area contributed by atoms with Crippen molar-refractivity contribution in [2.24, 2.45) is 0 Å². The van der Waals surface area contributed by atoms with Gasteiger partial charge in [-0.3, -0.25) is 0 Å². The Labute approximate surface area is 114 Å². The summed E-state index contributed by atoms with van der Waals surface area (Å²) in [5.74, 6) is 0.726.